The second-order valence-corrected chi connectivity index (χ2v) is 6.24. The Labute approximate surface area is 165 Å². The lowest BCUT2D eigenvalue weighted by Gasteiger charge is -2.18. The number of rotatable bonds is 7. The average Bonchev–Trinajstić information content (AvgIpc) is 2.99. The summed E-state index contributed by atoms with van der Waals surface area (Å²) in [6.07, 6.45) is 0.00327. The molecular formula is C18H26IN3OS. The summed E-state index contributed by atoms with van der Waals surface area (Å²) in [4.78, 5) is 5.97. The topological polar surface area (TPSA) is 45.7 Å². The third kappa shape index (κ3) is 6.41. The van der Waals surface area contributed by atoms with Gasteiger partial charge in [-0.2, -0.15) is 0 Å². The number of halogens is 1. The summed E-state index contributed by atoms with van der Waals surface area (Å²) in [7, 11) is 1.73. The standard InChI is InChI=1S/C18H25N3OS.HI/c1-4-19-18(21-13-17-14(2)10-11-23-17)20-12-16(22-3)15-8-6-5-7-9-15;/h5-11,16H,4,12-13H2,1-3H3,(H2,19,20,21);1H. The van der Waals surface area contributed by atoms with Gasteiger partial charge in [0.25, 0.3) is 0 Å². The Morgan fingerprint density at radius 3 is 2.54 bits per heavy atom. The molecule has 1 aromatic heterocycles. The van der Waals surface area contributed by atoms with Crippen molar-refractivity contribution in [2.45, 2.75) is 26.5 Å². The van der Waals surface area contributed by atoms with Gasteiger partial charge in [0.2, 0.25) is 0 Å². The fourth-order valence-corrected chi connectivity index (χ4v) is 3.08. The lowest BCUT2D eigenvalue weighted by molar-refractivity contribution is 0.106. The molecule has 0 fully saturated rings. The van der Waals surface area contributed by atoms with E-state index in [1.54, 1.807) is 18.4 Å². The number of nitrogens with one attached hydrogen (secondary N) is 2. The lowest BCUT2D eigenvalue weighted by Crippen LogP contribution is -2.39. The van der Waals surface area contributed by atoms with Crippen LogP contribution in [-0.4, -0.2) is 26.2 Å². The van der Waals surface area contributed by atoms with Crippen LogP contribution in [-0.2, 0) is 11.3 Å². The number of aliphatic imine (C=N–C) groups is 1. The minimum atomic E-state index is 0. The maximum absolute atomic E-state index is 5.59. The molecule has 24 heavy (non-hydrogen) atoms. The van der Waals surface area contributed by atoms with Crippen LogP contribution >= 0.6 is 35.3 Å². The van der Waals surface area contributed by atoms with Crippen molar-refractivity contribution >= 4 is 41.3 Å². The number of guanidine groups is 1. The smallest absolute Gasteiger partial charge is 0.191 e. The number of hydrogen-bond acceptors (Lipinski definition) is 3. The van der Waals surface area contributed by atoms with Crippen molar-refractivity contribution < 1.29 is 4.74 Å². The monoisotopic (exact) mass is 459 g/mol. The van der Waals surface area contributed by atoms with E-state index in [1.807, 2.05) is 18.2 Å². The third-order valence-electron chi connectivity index (χ3n) is 3.60. The lowest BCUT2D eigenvalue weighted by atomic mass is 10.1. The predicted molar refractivity (Wildman–Crippen MR) is 113 cm³/mol. The van der Waals surface area contributed by atoms with Gasteiger partial charge >= 0.3 is 0 Å². The highest BCUT2D eigenvalue weighted by Gasteiger charge is 2.10. The quantitative estimate of drug-likeness (QED) is 0.372. The Bertz CT molecular complexity index is 616. The van der Waals surface area contributed by atoms with Gasteiger partial charge in [0.05, 0.1) is 12.6 Å². The van der Waals surface area contributed by atoms with Crippen molar-refractivity contribution in [1.29, 1.82) is 0 Å². The fourth-order valence-electron chi connectivity index (χ4n) is 2.25. The van der Waals surface area contributed by atoms with Gasteiger partial charge in [0.15, 0.2) is 5.96 Å². The third-order valence-corrected chi connectivity index (χ3v) is 4.61. The fraction of sp³-hybridized carbons (Fsp3) is 0.389. The molecule has 1 atom stereocenters. The van der Waals surface area contributed by atoms with E-state index in [1.165, 1.54) is 10.4 Å². The summed E-state index contributed by atoms with van der Waals surface area (Å²) in [5.74, 6) is 0.818. The molecule has 1 unspecified atom stereocenters. The minimum Gasteiger partial charge on any atom is -0.375 e. The molecule has 2 N–H and O–H groups in total. The maximum atomic E-state index is 5.59. The Balaban J connectivity index is 0.00000288. The molecule has 2 aromatic rings. The van der Waals surface area contributed by atoms with Gasteiger partial charge in [-0.3, -0.25) is 0 Å². The first-order chi connectivity index (χ1) is 11.2. The number of nitrogens with zero attached hydrogens (tertiary/aromatic N) is 1. The summed E-state index contributed by atoms with van der Waals surface area (Å²) in [5, 5.41) is 8.76. The number of methoxy groups -OCH3 is 1. The average molecular weight is 459 g/mol. The molecule has 1 aromatic carbocycles. The largest absolute Gasteiger partial charge is 0.375 e. The highest BCUT2D eigenvalue weighted by Crippen LogP contribution is 2.17. The molecule has 0 saturated heterocycles. The van der Waals surface area contributed by atoms with Crippen molar-refractivity contribution in [2.24, 2.45) is 4.99 Å². The molecule has 0 bridgehead atoms. The second-order valence-electron chi connectivity index (χ2n) is 5.24. The molecule has 0 aliphatic rings. The zero-order chi connectivity index (χ0) is 16.5. The van der Waals surface area contributed by atoms with Gasteiger partial charge in [0, 0.05) is 25.1 Å². The molecule has 132 valence electrons. The van der Waals surface area contributed by atoms with Gasteiger partial charge in [0.1, 0.15) is 0 Å². The van der Waals surface area contributed by atoms with Crippen molar-refractivity contribution in [3.05, 3.63) is 57.8 Å². The Kier molecular flexibility index (Phi) is 9.97. The summed E-state index contributed by atoms with van der Waals surface area (Å²) in [5.41, 5.74) is 2.46. The number of aryl methyl sites for hydroxylation is 1. The first kappa shape index (κ1) is 20.9. The Morgan fingerprint density at radius 2 is 1.96 bits per heavy atom. The summed E-state index contributed by atoms with van der Waals surface area (Å²) in [6, 6.07) is 12.4. The summed E-state index contributed by atoms with van der Waals surface area (Å²) in [6.45, 7) is 6.40. The van der Waals surface area contributed by atoms with Gasteiger partial charge < -0.3 is 15.4 Å². The molecule has 4 nitrogen and oxygen atoms in total. The van der Waals surface area contributed by atoms with Crippen LogP contribution in [0.3, 0.4) is 0 Å². The van der Waals surface area contributed by atoms with Crippen LogP contribution in [0.1, 0.15) is 29.0 Å². The molecule has 0 radical (unpaired) electrons. The van der Waals surface area contributed by atoms with Crippen LogP contribution < -0.4 is 10.6 Å². The van der Waals surface area contributed by atoms with Gasteiger partial charge in [-0.1, -0.05) is 30.3 Å². The number of thiophene rings is 1. The predicted octanol–water partition coefficient (Wildman–Crippen LogP) is 4.12. The summed E-state index contributed by atoms with van der Waals surface area (Å²) < 4.78 is 5.59. The highest BCUT2D eigenvalue weighted by molar-refractivity contribution is 14.0. The molecule has 0 aliphatic heterocycles. The van der Waals surface area contributed by atoms with Crippen molar-refractivity contribution in [3.8, 4) is 0 Å². The Hall–Kier alpha value is -1.12. The van der Waals surface area contributed by atoms with Crippen LogP contribution in [0.5, 0.6) is 0 Å². The van der Waals surface area contributed by atoms with Gasteiger partial charge in [-0.15, -0.1) is 35.3 Å². The molecule has 2 rings (SSSR count). The minimum absolute atomic E-state index is 0. The normalized spacial score (nSPS) is 12.4. The summed E-state index contributed by atoms with van der Waals surface area (Å²) >= 11 is 1.75. The van der Waals surface area contributed by atoms with Crippen LogP contribution in [0, 0.1) is 6.92 Å². The van der Waals surface area contributed by atoms with E-state index < -0.39 is 0 Å². The maximum Gasteiger partial charge on any atom is 0.191 e. The molecule has 0 saturated carbocycles. The van der Waals surface area contributed by atoms with Crippen molar-refractivity contribution in [3.63, 3.8) is 0 Å². The molecule has 0 amide bonds. The molecule has 0 spiro atoms. The molecular weight excluding hydrogens is 433 g/mol. The highest BCUT2D eigenvalue weighted by atomic mass is 127. The molecule has 6 heteroatoms. The van der Waals surface area contributed by atoms with Crippen molar-refractivity contribution in [1.82, 2.24) is 10.6 Å². The zero-order valence-electron chi connectivity index (χ0n) is 14.4. The van der Waals surface area contributed by atoms with E-state index in [2.05, 4.69) is 53.1 Å². The van der Waals surface area contributed by atoms with Crippen LogP contribution in [0.15, 0.2) is 46.8 Å². The van der Waals surface area contributed by atoms with E-state index in [0.29, 0.717) is 13.1 Å². The number of hydrogen-bond donors (Lipinski definition) is 2. The van der Waals surface area contributed by atoms with E-state index in [9.17, 15) is 0 Å². The second kappa shape index (κ2) is 11.4. The number of benzene rings is 1. The van der Waals surface area contributed by atoms with Crippen molar-refractivity contribution in [2.75, 3.05) is 20.2 Å². The van der Waals surface area contributed by atoms with Crippen LogP contribution in [0.2, 0.25) is 0 Å². The molecule has 1 heterocycles. The Morgan fingerprint density at radius 1 is 1.21 bits per heavy atom. The number of ether oxygens (including phenoxy) is 1. The van der Waals surface area contributed by atoms with Crippen LogP contribution in [0.25, 0.3) is 0 Å². The SMILES string of the molecule is CCNC(=NCc1sccc1C)NCC(OC)c1ccccc1.I. The zero-order valence-corrected chi connectivity index (χ0v) is 17.6. The molecule has 0 aliphatic carbocycles. The van der Waals surface area contributed by atoms with Crippen LogP contribution in [0.4, 0.5) is 0 Å². The van der Waals surface area contributed by atoms with E-state index in [4.69, 9.17) is 4.74 Å². The van der Waals surface area contributed by atoms with E-state index >= 15 is 0 Å². The van der Waals surface area contributed by atoms with Gasteiger partial charge in [-0.05, 0) is 36.4 Å². The van der Waals surface area contributed by atoms with Gasteiger partial charge in [-0.25, -0.2) is 4.99 Å². The first-order valence-corrected chi connectivity index (χ1v) is 8.75. The van der Waals surface area contributed by atoms with E-state index in [-0.39, 0.29) is 30.1 Å². The first-order valence-electron chi connectivity index (χ1n) is 7.87. The van der Waals surface area contributed by atoms with E-state index in [0.717, 1.165) is 18.1 Å².